The smallest absolute Gasteiger partial charge is 0.255 e. The molecule has 0 fully saturated rings. The number of nitrogens with one attached hydrogen (secondary N) is 2. The number of thiazole rings is 1. The number of halogens is 2. The minimum atomic E-state index is -0.342. The lowest BCUT2D eigenvalue weighted by Gasteiger charge is -2.07. The van der Waals surface area contributed by atoms with Gasteiger partial charge in [0.2, 0.25) is 0 Å². The lowest BCUT2D eigenvalue weighted by atomic mass is 10.2. The first kappa shape index (κ1) is 16.4. The fourth-order valence-corrected chi connectivity index (χ4v) is 2.95. The molecule has 2 aromatic carbocycles. The summed E-state index contributed by atoms with van der Waals surface area (Å²) >= 11 is 7.21. The van der Waals surface area contributed by atoms with E-state index in [1.807, 2.05) is 12.1 Å². The van der Waals surface area contributed by atoms with Gasteiger partial charge in [0.1, 0.15) is 5.82 Å². The Balaban J connectivity index is 1.59. The SMILES string of the molecule is O=C(Nc1ccc(F)cc1)c1ccc(NCc2cnc(Cl)s2)cc1. The van der Waals surface area contributed by atoms with Gasteiger partial charge in [-0.25, -0.2) is 9.37 Å². The molecule has 7 heteroatoms. The Morgan fingerprint density at radius 3 is 2.38 bits per heavy atom. The average Bonchev–Trinajstić information content (AvgIpc) is 3.01. The normalized spacial score (nSPS) is 10.4. The largest absolute Gasteiger partial charge is 0.380 e. The van der Waals surface area contributed by atoms with Crippen LogP contribution in [0.4, 0.5) is 15.8 Å². The summed E-state index contributed by atoms with van der Waals surface area (Å²) < 4.78 is 13.4. The van der Waals surface area contributed by atoms with E-state index < -0.39 is 0 Å². The van der Waals surface area contributed by atoms with Crippen molar-refractivity contribution in [2.75, 3.05) is 10.6 Å². The molecule has 24 heavy (non-hydrogen) atoms. The fraction of sp³-hybridized carbons (Fsp3) is 0.0588. The van der Waals surface area contributed by atoms with Crippen molar-refractivity contribution in [1.82, 2.24) is 4.98 Å². The van der Waals surface area contributed by atoms with Gasteiger partial charge >= 0.3 is 0 Å². The molecule has 3 rings (SSSR count). The van der Waals surface area contributed by atoms with Gasteiger partial charge in [-0.3, -0.25) is 4.79 Å². The summed E-state index contributed by atoms with van der Waals surface area (Å²) in [6, 6.07) is 12.7. The lowest BCUT2D eigenvalue weighted by molar-refractivity contribution is 0.102. The first-order chi connectivity index (χ1) is 11.6. The Hall–Kier alpha value is -2.44. The van der Waals surface area contributed by atoms with Crippen molar-refractivity contribution in [3.05, 3.63) is 75.5 Å². The van der Waals surface area contributed by atoms with E-state index in [1.165, 1.54) is 35.6 Å². The number of anilines is 2. The molecule has 4 nitrogen and oxygen atoms in total. The van der Waals surface area contributed by atoms with E-state index in [9.17, 15) is 9.18 Å². The van der Waals surface area contributed by atoms with Crippen LogP contribution in [-0.4, -0.2) is 10.9 Å². The second kappa shape index (κ2) is 7.42. The Morgan fingerprint density at radius 1 is 1.08 bits per heavy atom. The molecule has 0 saturated carbocycles. The second-order valence-corrected chi connectivity index (χ2v) is 6.67. The van der Waals surface area contributed by atoms with Crippen LogP contribution in [0.15, 0.2) is 54.7 Å². The van der Waals surface area contributed by atoms with Crippen LogP contribution < -0.4 is 10.6 Å². The van der Waals surface area contributed by atoms with E-state index in [-0.39, 0.29) is 11.7 Å². The van der Waals surface area contributed by atoms with E-state index in [0.717, 1.165) is 10.6 Å². The summed E-state index contributed by atoms with van der Waals surface area (Å²) in [5, 5.41) is 5.95. The number of rotatable bonds is 5. The van der Waals surface area contributed by atoms with Gasteiger partial charge in [-0.1, -0.05) is 11.6 Å². The number of carbonyl (C=O) groups excluding carboxylic acids is 1. The van der Waals surface area contributed by atoms with Crippen molar-refractivity contribution < 1.29 is 9.18 Å². The van der Waals surface area contributed by atoms with Crippen LogP contribution in [0.25, 0.3) is 0 Å². The molecule has 1 aromatic heterocycles. The highest BCUT2D eigenvalue weighted by atomic mass is 35.5. The van der Waals surface area contributed by atoms with Crippen molar-refractivity contribution in [3.63, 3.8) is 0 Å². The maximum Gasteiger partial charge on any atom is 0.255 e. The Morgan fingerprint density at radius 2 is 1.75 bits per heavy atom. The topological polar surface area (TPSA) is 54.0 Å². The number of amides is 1. The molecule has 2 N–H and O–H groups in total. The zero-order chi connectivity index (χ0) is 16.9. The molecule has 0 aliphatic rings. The van der Waals surface area contributed by atoms with Crippen LogP contribution in [0.2, 0.25) is 4.47 Å². The summed E-state index contributed by atoms with van der Waals surface area (Å²) in [6.07, 6.45) is 1.73. The standard InChI is InChI=1S/C17H13ClFN3OS/c18-17-21-10-15(24-17)9-20-13-5-1-11(2-6-13)16(23)22-14-7-3-12(19)4-8-14/h1-8,10,20H,9H2,(H,22,23). The summed E-state index contributed by atoms with van der Waals surface area (Å²) in [5.74, 6) is -0.590. The molecular formula is C17H13ClFN3OS. The molecule has 0 bridgehead atoms. The van der Waals surface area contributed by atoms with Crippen molar-refractivity contribution in [2.45, 2.75) is 6.54 Å². The van der Waals surface area contributed by atoms with Crippen LogP contribution in [0.5, 0.6) is 0 Å². The molecule has 3 aromatic rings. The number of nitrogens with zero attached hydrogens (tertiary/aromatic N) is 1. The molecular weight excluding hydrogens is 349 g/mol. The van der Waals surface area contributed by atoms with Gasteiger partial charge in [0.15, 0.2) is 4.47 Å². The first-order valence-corrected chi connectivity index (χ1v) is 8.31. The predicted octanol–water partition coefficient (Wildman–Crippen LogP) is 4.80. The van der Waals surface area contributed by atoms with Crippen LogP contribution in [-0.2, 0) is 6.54 Å². The molecule has 1 heterocycles. The van der Waals surface area contributed by atoms with Gasteiger partial charge < -0.3 is 10.6 Å². The first-order valence-electron chi connectivity index (χ1n) is 7.11. The molecule has 0 saturated heterocycles. The van der Waals surface area contributed by atoms with Gasteiger partial charge in [0.05, 0.1) is 6.54 Å². The van der Waals surface area contributed by atoms with Gasteiger partial charge in [-0.05, 0) is 48.5 Å². The van der Waals surface area contributed by atoms with Gasteiger partial charge in [0, 0.05) is 28.0 Å². The summed E-state index contributed by atoms with van der Waals surface area (Å²) in [5.41, 5.74) is 1.95. The molecule has 122 valence electrons. The molecule has 1 amide bonds. The number of benzene rings is 2. The summed E-state index contributed by atoms with van der Waals surface area (Å²) in [6.45, 7) is 0.617. The lowest BCUT2D eigenvalue weighted by Crippen LogP contribution is -2.11. The van der Waals surface area contributed by atoms with Crippen LogP contribution in [0, 0.1) is 5.82 Å². The van der Waals surface area contributed by atoms with Gasteiger partial charge in [0.25, 0.3) is 5.91 Å². The highest BCUT2D eigenvalue weighted by Crippen LogP contribution is 2.19. The molecule has 0 radical (unpaired) electrons. The molecule has 0 spiro atoms. The van der Waals surface area contributed by atoms with Gasteiger partial charge in [-0.15, -0.1) is 11.3 Å². The van der Waals surface area contributed by atoms with E-state index in [4.69, 9.17) is 11.6 Å². The third kappa shape index (κ3) is 4.31. The zero-order valence-electron chi connectivity index (χ0n) is 12.4. The highest BCUT2D eigenvalue weighted by molar-refractivity contribution is 7.15. The number of hydrogen-bond donors (Lipinski definition) is 2. The quantitative estimate of drug-likeness (QED) is 0.686. The summed E-state index contributed by atoms with van der Waals surface area (Å²) in [4.78, 5) is 17.2. The third-order valence-electron chi connectivity index (χ3n) is 3.24. The molecule has 0 unspecified atom stereocenters. The molecule has 0 aliphatic carbocycles. The second-order valence-electron chi connectivity index (χ2n) is 4.97. The average molecular weight is 362 g/mol. The van der Waals surface area contributed by atoms with Crippen LogP contribution >= 0.6 is 22.9 Å². The summed E-state index contributed by atoms with van der Waals surface area (Å²) in [7, 11) is 0. The van der Waals surface area contributed by atoms with Crippen LogP contribution in [0.3, 0.4) is 0 Å². The van der Waals surface area contributed by atoms with Crippen molar-refractivity contribution in [2.24, 2.45) is 0 Å². The van der Waals surface area contributed by atoms with Crippen molar-refractivity contribution >= 4 is 40.2 Å². The molecule has 0 atom stereocenters. The zero-order valence-corrected chi connectivity index (χ0v) is 14.0. The minimum Gasteiger partial charge on any atom is -0.380 e. The third-order valence-corrected chi connectivity index (χ3v) is 4.36. The number of carbonyl (C=O) groups is 1. The maximum atomic E-state index is 12.9. The van der Waals surface area contributed by atoms with Crippen LogP contribution in [0.1, 0.15) is 15.2 Å². The van der Waals surface area contributed by atoms with Crippen molar-refractivity contribution in [1.29, 1.82) is 0 Å². The van der Waals surface area contributed by atoms with E-state index >= 15 is 0 Å². The Labute approximate surface area is 147 Å². The van der Waals surface area contributed by atoms with E-state index in [2.05, 4.69) is 15.6 Å². The number of aromatic nitrogens is 1. The monoisotopic (exact) mass is 361 g/mol. The number of hydrogen-bond acceptors (Lipinski definition) is 4. The maximum absolute atomic E-state index is 12.9. The Kier molecular flexibility index (Phi) is 5.08. The fourth-order valence-electron chi connectivity index (χ4n) is 2.03. The minimum absolute atomic E-state index is 0.248. The highest BCUT2D eigenvalue weighted by Gasteiger charge is 2.06. The predicted molar refractivity (Wildman–Crippen MR) is 95.2 cm³/mol. The van der Waals surface area contributed by atoms with E-state index in [1.54, 1.807) is 18.3 Å². The van der Waals surface area contributed by atoms with Gasteiger partial charge in [-0.2, -0.15) is 0 Å². The Bertz CT molecular complexity index is 834. The molecule has 0 aliphatic heterocycles. The van der Waals surface area contributed by atoms with Crippen molar-refractivity contribution in [3.8, 4) is 0 Å². The van der Waals surface area contributed by atoms with E-state index in [0.29, 0.717) is 22.3 Å².